The molecule has 84 valence electrons. The highest BCUT2D eigenvalue weighted by atomic mass is 16.2. The van der Waals surface area contributed by atoms with Crippen LogP contribution in [0.1, 0.15) is 25.5 Å². The van der Waals surface area contributed by atoms with Crippen LogP contribution in [0, 0.1) is 19.3 Å². The van der Waals surface area contributed by atoms with Gasteiger partial charge in [0.2, 0.25) is 5.91 Å². The molecule has 1 heterocycles. The summed E-state index contributed by atoms with van der Waals surface area (Å²) in [6.45, 7) is 7.76. The third kappa shape index (κ3) is 2.53. The van der Waals surface area contributed by atoms with E-state index in [0.29, 0.717) is 12.4 Å². The van der Waals surface area contributed by atoms with Crippen LogP contribution in [0.5, 0.6) is 0 Å². The van der Waals surface area contributed by atoms with Crippen molar-refractivity contribution < 1.29 is 4.79 Å². The van der Waals surface area contributed by atoms with Crippen LogP contribution in [-0.2, 0) is 11.3 Å². The molecular formula is C9H17N5O. The summed E-state index contributed by atoms with van der Waals surface area (Å²) in [4.78, 5) is 15.6. The van der Waals surface area contributed by atoms with Crippen molar-refractivity contribution >= 4 is 5.91 Å². The average Bonchev–Trinajstić information content (AvgIpc) is 2.43. The molecule has 3 N–H and O–H groups in total. The third-order valence-corrected chi connectivity index (χ3v) is 2.25. The highest BCUT2D eigenvalue weighted by Crippen LogP contribution is 2.18. The molecule has 1 rings (SSSR count). The van der Waals surface area contributed by atoms with E-state index in [0.717, 1.165) is 5.82 Å². The van der Waals surface area contributed by atoms with Gasteiger partial charge in [-0.25, -0.2) is 15.5 Å². The van der Waals surface area contributed by atoms with Crippen LogP contribution in [0.4, 0.5) is 0 Å². The number of amides is 1. The van der Waals surface area contributed by atoms with E-state index >= 15 is 0 Å². The fourth-order valence-corrected chi connectivity index (χ4v) is 1.35. The van der Waals surface area contributed by atoms with Gasteiger partial charge in [-0.1, -0.05) is 0 Å². The monoisotopic (exact) mass is 211 g/mol. The predicted octanol–water partition coefficient (Wildman–Crippen LogP) is -0.0890. The van der Waals surface area contributed by atoms with Crippen molar-refractivity contribution in [2.24, 2.45) is 11.3 Å². The summed E-state index contributed by atoms with van der Waals surface area (Å²) in [5.41, 5.74) is 1.55. The molecule has 1 aromatic heterocycles. The Hall–Kier alpha value is -1.43. The van der Waals surface area contributed by atoms with Crippen LogP contribution in [0.15, 0.2) is 0 Å². The first kappa shape index (κ1) is 11.6. The summed E-state index contributed by atoms with van der Waals surface area (Å²) in [7, 11) is 0. The van der Waals surface area contributed by atoms with Crippen molar-refractivity contribution in [1.29, 1.82) is 0 Å². The number of hydrazine groups is 1. The van der Waals surface area contributed by atoms with Gasteiger partial charge in [0.15, 0.2) is 0 Å². The lowest BCUT2D eigenvalue weighted by Crippen LogP contribution is -2.43. The number of aromatic nitrogens is 3. The molecule has 1 aromatic rings. The minimum absolute atomic E-state index is 0.213. The van der Waals surface area contributed by atoms with Crippen molar-refractivity contribution in [3.8, 4) is 0 Å². The minimum atomic E-state index is -0.598. The van der Waals surface area contributed by atoms with Gasteiger partial charge < -0.3 is 0 Å². The second-order valence-electron chi connectivity index (χ2n) is 4.22. The van der Waals surface area contributed by atoms with Gasteiger partial charge in [-0.3, -0.25) is 10.2 Å². The molecule has 1 amide bonds. The zero-order valence-corrected chi connectivity index (χ0v) is 9.53. The lowest BCUT2D eigenvalue weighted by atomic mass is 9.93. The fraction of sp³-hybridized carbons (Fsp3) is 0.667. The van der Waals surface area contributed by atoms with E-state index in [1.54, 1.807) is 4.68 Å². The van der Waals surface area contributed by atoms with Gasteiger partial charge in [-0.05, 0) is 27.7 Å². The number of carbonyl (C=O) groups is 1. The molecule has 15 heavy (non-hydrogen) atoms. The molecule has 0 aliphatic rings. The van der Waals surface area contributed by atoms with E-state index in [4.69, 9.17) is 5.84 Å². The van der Waals surface area contributed by atoms with Crippen molar-refractivity contribution in [1.82, 2.24) is 20.2 Å². The molecular weight excluding hydrogens is 194 g/mol. The van der Waals surface area contributed by atoms with Crippen molar-refractivity contribution in [2.75, 3.05) is 0 Å². The van der Waals surface area contributed by atoms with E-state index < -0.39 is 5.41 Å². The second kappa shape index (κ2) is 3.98. The van der Waals surface area contributed by atoms with Crippen molar-refractivity contribution in [3.63, 3.8) is 0 Å². The van der Waals surface area contributed by atoms with Gasteiger partial charge in [0.25, 0.3) is 0 Å². The zero-order valence-electron chi connectivity index (χ0n) is 9.53. The maximum Gasteiger partial charge on any atom is 0.241 e. The van der Waals surface area contributed by atoms with Crippen LogP contribution >= 0.6 is 0 Å². The predicted molar refractivity (Wildman–Crippen MR) is 55.6 cm³/mol. The summed E-state index contributed by atoms with van der Waals surface area (Å²) in [6, 6.07) is 0. The molecule has 6 nitrogen and oxygen atoms in total. The number of hydrogen-bond donors (Lipinski definition) is 2. The third-order valence-electron chi connectivity index (χ3n) is 2.25. The maximum absolute atomic E-state index is 11.5. The number of rotatable bonds is 3. The molecule has 0 saturated heterocycles. The molecule has 0 atom stereocenters. The standard InChI is InChI=1S/C9H17N5O/c1-6-11-7(2)14(13-6)5-9(3,4)8(15)12-10/h5,10H2,1-4H3,(H,12,15). The lowest BCUT2D eigenvalue weighted by molar-refractivity contribution is -0.130. The van der Waals surface area contributed by atoms with E-state index in [2.05, 4.69) is 15.5 Å². The summed E-state index contributed by atoms with van der Waals surface area (Å²) >= 11 is 0. The normalized spacial score (nSPS) is 11.5. The SMILES string of the molecule is Cc1nc(C)n(CC(C)(C)C(=O)NN)n1. The Morgan fingerprint density at radius 1 is 1.53 bits per heavy atom. The molecule has 0 bridgehead atoms. The largest absolute Gasteiger partial charge is 0.294 e. The number of nitrogens with zero attached hydrogens (tertiary/aromatic N) is 3. The quantitative estimate of drug-likeness (QED) is 0.415. The molecule has 0 saturated carbocycles. The molecule has 0 radical (unpaired) electrons. The van der Waals surface area contributed by atoms with Crippen molar-refractivity contribution in [2.45, 2.75) is 34.2 Å². The Bertz CT molecular complexity index is 369. The molecule has 0 aromatic carbocycles. The molecule has 0 unspecified atom stereocenters. The van der Waals surface area contributed by atoms with Gasteiger partial charge >= 0.3 is 0 Å². The topological polar surface area (TPSA) is 85.8 Å². The van der Waals surface area contributed by atoms with Gasteiger partial charge in [-0.15, -0.1) is 0 Å². The first-order chi connectivity index (χ1) is 6.86. The average molecular weight is 211 g/mol. The number of hydrogen-bond acceptors (Lipinski definition) is 4. The smallest absolute Gasteiger partial charge is 0.241 e. The first-order valence-corrected chi connectivity index (χ1v) is 4.76. The minimum Gasteiger partial charge on any atom is -0.294 e. The van der Waals surface area contributed by atoms with Gasteiger partial charge in [0.05, 0.1) is 12.0 Å². The molecule has 6 heteroatoms. The molecule has 0 fully saturated rings. The summed E-state index contributed by atoms with van der Waals surface area (Å²) in [5, 5.41) is 4.20. The Morgan fingerprint density at radius 2 is 2.13 bits per heavy atom. The van der Waals surface area contributed by atoms with Gasteiger partial charge in [-0.2, -0.15) is 5.10 Å². The zero-order chi connectivity index (χ0) is 11.6. The highest BCUT2D eigenvalue weighted by molar-refractivity contribution is 5.81. The number of nitrogens with two attached hydrogens (primary N) is 1. The Labute approximate surface area is 88.8 Å². The summed E-state index contributed by atoms with van der Waals surface area (Å²) in [6.07, 6.45) is 0. The molecule has 0 spiro atoms. The number of nitrogens with one attached hydrogen (secondary N) is 1. The van der Waals surface area contributed by atoms with Crippen LogP contribution < -0.4 is 11.3 Å². The Kier molecular flexibility index (Phi) is 3.09. The second-order valence-corrected chi connectivity index (χ2v) is 4.22. The van der Waals surface area contributed by atoms with E-state index in [1.807, 2.05) is 27.7 Å². The number of carbonyl (C=O) groups excluding carboxylic acids is 1. The van der Waals surface area contributed by atoms with Gasteiger partial charge in [0.1, 0.15) is 11.6 Å². The van der Waals surface area contributed by atoms with Crippen LogP contribution in [0.25, 0.3) is 0 Å². The molecule has 0 aliphatic heterocycles. The molecule has 0 aliphatic carbocycles. The van der Waals surface area contributed by atoms with E-state index in [-0.39, 0.29) is 5.91 Å². The van der Waals surface area contributed by atoms with Crippen LogP contribution in [0.2, 0.25) is 0 Å². The Balaban J connectivity index is 2.85. The lowest BCUT2D eigenvalue weighted by Gasteiger charge is -2.22. The first-order valence-electron chi connectivity index (χ1n) is 4.76. The fourth-order valence-electron chi connectivity index (χ4n) is 1.35. The maximum atomic E-state index is 11.5. The van der Waals surface area contributed by atoms with Crippen molar-refractivity contribution in [3.05, 3.63) is 11.6 Å². The van der Waals surface area contributed by atoms with Crippen LogP contribution in [0.3, 0.4) is 0 Å². The van der Waals surface area contributed by atoms with Crippen LogP contribution in [-0.4, -0.2) is 20.7 Å². The Morgan fingerprint density at radius 3 is 2.53 bits per heavy atom. The van der Waals surface area contributed by atoms with Gasteiger partial charge in [0, 0.05) is 0 Å². The van der Waals surface area contributed by atoms with E-state index in [1.165, 1.54) is 0 Å². The summed E-state index contributed by atoms with van der Waals surface area (Å²) in [5.74, 6) is 6.40. The van der Waals surface area contributed by atoms with E-state index in [9.17, 15) is 4.79 Å². The highest BCUT2D eigenvalue weighted by Gasteiger charge is 2.28. The number of aryl methyl sites for hydroxylation is 2. The summed E-state index contributed by atoms with van der Waals surface area (Å²) < 4.78 is 1.71.